The lowest BCUT2D eigenvalue weighted by molar-refractivity contribution is -0.148. The molecular weight excluding hydrogens is 505 g/mol. The van der Waals surface area contributed by atoms with E-state index >= 15 is 0 Å². The van der Waals surface area contributed by atoms with Crippen LogP contribution in [0.3, 0.4) is 0 Å². The highest BCUT2D eigenvalue weighted by Gasteiger charge is 2.43. The number of nitrogens with zero attached hydrogens (tertiary/aromatic N) is 4. The lowest BCUT2D eigenvalue weighted by Crippen LogP contribution is -2.43. The highest BCUT2D eigenvalue weighted by molar-refractivity contribution is 7.90. The maximum Gasteiger partial charge on any atom is 0.401 e. The van der Waals surface area contributed by atoms with Gasteiger partial charge in [0.25, 0.3) is 0 Å². The SMILES string of the molecule is CC(C)c1n[nH]c2c1CN(CC(F)(F)F)CC(C(C)(C)c1n[nH]c3c1CN(S(=O)(=O)CCl)CC3)C2. The predicted octanol–water partition coefficient (Wildman–Crippen LogP) is 3.65. The molecule has 196 valence electrons. The van der Waals surface area contributed by atoms with Gasteiger partial charge in [0.05, 0.1) is 17.9 Å². The number of aromatic amines is 2. The van der Waals surface area contributed by atoms with Crippen LogP contribution in [0.15, 0.2) is 0 Å². The number of nitrogens with one attached hydrogen (secondary N) is 2. The van der Waals surface area contributed by atoms with Crippen molar-refractivity contribution >= 4 is 21.6 Å². The quantitative estimate of drug-likeness (QED) is 0.549. The van der Waals surface area contributed by atoms with Gasteiger partial charge in [0.2, 0.25) is 10.0 Å². The molecule has 0 aromatic carbocycles. The molecule has 0 saturated heterocycles. The second-order valence-electron chi connectivity index (χ2n) is 10.5. The van der Waals surface area contributed by atoms with Crippen molar-refractivity contribution in [2.75, 3.05) is 24.8 Å². The molecule has 0 aliphatic carbocycles. The maximum absolute atomic E-state index is 13.5. The Labute approximate surface area is 208 Å². The summed E-state index contributed by atoms with van der Waals surface area (Å²) in [5.41, 5.74) is 4.18. The van der Waals surface area contributed by atoms with E-state index in [1.54, 1.807) is 0 Å². The van der Waals surface area contributed by atoms with Gasteiger partial charge in [-0.25, -0.2) is 8.42 Å². The number of hydrogen-bond donors (Lipinski definition) is 2. The van der Waals surface area contributed by atoms with Crippen molar-refractivity contribution in [3.05, 3.63) is 33.9 Å². The molecule has 2 aliphatic rings. The molecule has 0 fully saturated rings. The van der Waals surface area contributed by atoms with E-state index in [1.165, 1.54) is 9.21 Å². The van der Waals surface area contributed by atoms with E-state index in [0.29, 0.717) is 25.1 Å². The van der Waals surface area contributed by atoms with Gasteiger partial charge in [-0.05, 0) is 18.3 Å². The van der Waals surface area contributed by atoms with E-state index in [-0.39, 0.29) is 31.5 Å². The summed E-state index contributed by atoms with van der Waals surface area (Å²) in [5.74, 6) is -0.139. The molecule has 1 unspecified atom stereocenters. The molecule has 2 aromatic rings. The van der Waals surface area contributed by atoms with Crippen molar-refractivity contribution in [2.45, 2.75) is 71.1 Å². The second-order valence-corrected chi connectivity index (χ2v) is 13.0. The summed E-state index contributed by atoms with van der Waals surface area (Å²) in [6.45, 7) is 7.74. The first-order chi connectivity index (χ1) is 16.2. The smallest absolute Gasteiger partial charge is 0.290 e. The number of H-pyrrole nitrogens is 2. The van der Waals surface area contributed by atoms with Crippen LogP contribution in [0.25, 0.3) is 0 Å². The van der Waals surface area contributed by atoms with Gasteiger partial charge in [-0.2, -0.15) is 27.7 Å². The standard InChI is InChI=1S/C22H32ClF3N6O2S/c1-13(2)19-15-9-31(11-22(24,25)26)8-14(7-18(15)28-29-19)21(3,4)20-16-10-32(35(33,34)12-23)6-5-17(16)27-30-20/h13-14H,5-12H2,1-4H3,(H,27,30)(H,28,29). The summed E-state index contributed by atoms with van der Waals surface area (Å²) in [5, 5.41) is 14.6. The summed E-state index contributed by atoms with van der Waals surface area (Å²) in [6.07, 6.45) is -3.34. The normalized spacial score (nSPS) is 20.7. The molecule has 4 rings (SSSR count). The minimum atomic E-state index is -4.33. The summed E-state index contributed by atoms with van der Waals surface area (Å²) >= 11 is 5.68. The summed E-state index contributed by atoms with van der Waals surface area (Å²) < 4.78 is 66.6. The Kier molecular flexibility index (Phi) is 7.06. The van der Waals surface area contributed by atoms with Crippen LogP contribution >= 0.6 is 11.6 Å². The number of hydrogen-bond acceptors (Lipinski definition) is 5. The highest BCUT2D eigenvalue weighted by atomic mass is 35.5. The van der Waals surface area contributed by atoms with Crippen LogP contribution in [0.4, 0.5) is 13.2 Å². The fraction of sp³-hybridized carbons (Fsp3) is 0.727. The number of fused-ring (bicyclic) bond motifs is 2. The number of aromatic nitrogens is 4. The van der Waals surface area contributed by atoms with Gasteiger partial charge in [0.1, 0.15) is 5.21 Å². The first-order valence-electron chi connectivity index (χ1n) is 11.7. The van der Waals surface area contributed by atoms with Crippen LogP contribution in [0, 0.1) is 5.92 Å². The number of rotatable bonds is 6. The lowest BCUT2D eigenvalue weighted by Gasteiger charge is -2.37. The minimum absolute atomic E-state index is 0.0838. The van der Waals surface area contributed by atoms with Gasteiger partial charge >= 0.3 is 6.18 Å². The molecule has 0 bridgehead atoms. The Bertz CT molecular complexity index is 1170. The van der Waals surface area contributed by atoms with Gasteiger partial charge in [0.15, 0.2) is 0 Å². The van der Waals surface area contributed by atoms with E-state index in [9.17, 15) is 21.6 Å². The average Bonchev–Trinajstić information content (AvgIpc) is 3.31. The fourth-order valence-electron chi connectivity index (χ4n) is 5.31. The summed E-state index contributed by atoms with van der Waals surface area (Å²) in [6, 6.07) is 0. The monoisotopic (exact) mass is 536 g/mol. The van der Waals surface area contributed by atoms with Gasteiger partial charge in [-0.1, -0.05) is 27.7 Å². The first kappa shape index (κ1) is 26.4. The molecule has 0 amide bonds. The third kappa shape index (κ3) is 5.26. The van der Waals surface area contributed by atoms with Crippen molar-refractivity contribution < 1.29 is 21.6 Å². The third-order valence-electron chi connectivity index (χ3n) is 7.31. The Morgan fingerprint density at radius 3 is 2.43 bits per heavy atom. The van der Waals surface area contributed by atoms with E-state index in [4.69, 9.17) is 11.6 Å². The molecule has 8 nitrogen and oxygen atoms in total. The van der Waals surface area contributed by atoms with E-state index in [1.807, 2.05) is 27.7 Å². The zero-order valence-electron chi connectivity index (χ0n) is 20.3. The van der Waals surface area contributed by atoms with Gasteiger partial charge in [0, 0.05) is 60.5 Å². The molecule has 35 heavy (non-hydrogen) atoms. The van der Waals surface area contributed by atoms with Crippen molar-refractivity contribution in [3.8, 4) is 0 Å². The topological polar surface area (TPSA) is 98.0 Å². The van der Waals surface area contributed by atoms with Crippen LogP contribution in [-0.2, 0) is 41.4 Å². The Balaban J connectivity index is 1.71. The van der Waals surface area contributed by atoms with Crippen LogP contribution in [-0.4, -0.2) is 69.0 Å². The maximum atomic E-state index is 13.5. The van der Waals surface area contributed by atoms with Crippen LogP contribution < -0.4 is 0 Å². The number of alkyl halides is 4. The van der Waals surface area contributed by atoms with Crippen LogP contribution in [0.2, 0.25) is 0 Å². The van der Waals surface area contributed by atoms with Gasteiger partial charge in [-0.15, -0.1) is 11.6 Å². The van der Waals surface area contributed by atoms with E-state index in [2.05, 4.69) is 20.4 Å². The fourth-order valence-corrected chi connectivity index (χ4v) is 6.56. The van der Waals surface area contributed by atoms with E-state index in [0.717, 1.165) is 28.2 Å². The Morgan fingerprint density at radius 2 is 1.80 bits per heavy atom. The van der Waals surface area contributed by atoms with Crippen molar-refractivity contribution in [3.63, 3.8) is 0 Å². The molecule has 0 spiro atoms. The molecule has 2 aromatic heterocycles. The van der Waals surface area contributed by atoms with Crippen LogP contribution in [0.1, 0.15) is 67.5 Å². The molecule has 1 atom stereocenters. The highest BCUT2D eigenvalue weighted by Crippen LogP contribution is 2.41. The Morgan fingerprint density at radius 1 is 1.11 bits per heavy atom. The van der Waals surface area contributed by atoms with E-state index < -0.39 is 33.4 Å². The van der Waals surface area contributed by atoms with Crippen molar-refractivity contribution in [1.29, 1.82) is 0 Å². The molecule has 13 heteroatoms. The lowest BCUT2D eigenvalue weighted by atomic mass is 9.72. The summed E-state index contributed by atoms with van der Waals surface area (Å²) in [4.78, 5) is 1.45. The molecule has 2 N–H and O–H groups in total. The first-order valence-corrected chi connectivity index (χ1v) is 13.8. The Hall–Kier alpha value is -1.63. The molecule has 0 radical (unpaired) electrons. The number of sulfonamides is 1. The van der Waals surface area contributed by atoms with Crippen molar-refractivity contribution in [1.82, 2.24) is 29.6 Å². The van der Waals surface area contributed by atoms with Gasteiger partial charge in [-0.3, -0.25) is 15.1 Å². The zero-order chi connectivity index (χ0) is 25.8. The number of halogens is 4. The average molecular weight is 537 g/mol. The zero-order valence-corrected chi connectivity index (χ0v) is 21.9. The predicted molar refractivity (Wildman–Crippen MR) is 127 cm³/mol. The largest absolute Gasteiger partial charge is 0.401 e. The molecule has 2 aliphatic heterocycles. The molecular formula is C22H32ClF3N6O2S. The van der Waals surface area contributed by atoms with Gasteiger partial charge < -0.3 is 0 Å². The molecule has 4 heterocycles. The van der Waals surface area contributed by atoms with Crippen LogP contribution in [0.5, 0.6) is 0 Å². The molecule has 0 saturated carbocycles. The minimum Gasteiger partial charge on any atom is -0.290 e. The second kappa shape index (κ2) is 9.35. The summed E-state index contributed by atoms with van der Waals surface area (Å²) in [7, 11) is -3.60. The third-order valence-corrected chi connectivity index (χ3v) is 9.51. The van der Waals surface area contributed by atoms with Crippen molar-refractivity contribution in [2.24, 2.45) is 5.92 Å².